The Morgan fingerprint density at radius 2 is 1.92 bits per heavy atom. The second-order valence-electron chi connectivity index (χ2n) is 6.18. The Bertz CT molecular complexity index is 180. The van der Waals surface area contributed by atoms with Crippen LogP contribution in [0.25, 0.3) is 0 Å². The van der Waals surface area contributed by atoms with Crippen LogP contribution in [0.5, 0.6) is 0 Å². The van der Waals surface area contributed by atoms with Gasteiger partial charge in [-0.15, -0.1) is 0 Å². The van der Waals surface area contributed by atoms with Crippen molar-refractivity contribution in [2.45, 2.75) is 40.0 Å². The molecule has 0 aromatic carbocycles. The molecule has 0 aromatic heterocycles. The lowest BCUT2D eigenvalue weighted by Crippen LogP contribution is -2.21. The van der Waals surface area contributed by atoms with Crippen LogP contribution in [-0.2, 0) is 0 Å². The molecular weight excluding hydrogens is 158 g/mol. The van der Waals surface area contributed by atoms with E-state index in [1.165, 1.54) is 32.4 Å². The minimum absolute atomic E-state index is 0.530. The minimum atomic E-state index is 0.530. The maximum Gasteiger partial charge on any atom is -0.00146 e. The zero-order valence-corrected chi connectivity index (χ0v) is 9.27. The summed E-state index contributed by atoms with van der Waals surface area (Å²) in [5.41, 5.74) is 0.530. The monoisotopic (exact) mass is 181 g/mol. The van der Waals surface area contributed by atoms with Crippen molar-refractivity contribution in [2.24, 2.45) is 23.2 Å². The summed E-state index contributed by atoms with van der Waals surface area (Å²) in [5, 5.41) is 3.54. The first-order valence-electron chi connectivity index (χ1n) is 5.77. The highest BCUT2D eigenvalue weighted by molar-refractivity contribution is 4.92. The molecule has 76 valence electrons. The summed E-state index contributed by atoms with van der Waals surface area (Å²) in [6, 6.07) is 0. The summed E-state index contributed by atoms with van der Waals surface area (Å²) in [6.07, 6.45) is 4.41. The van der Waals surface area contributed by atoms with Crippen LogP contribution < -0.4 is 5.32 Å². The van der Waals surface area contributed by atoms with Crippen LogP contribution in [0.3, 0.4) is 0 Å². The summed E-state index contributed by atoms with van der Waals surface area (Å²) in [5.74, 6) is 3.05. The van der Waals surface area contributed by atoms with Gasteiger partial charge in [0.2, 0.25) is 0 Å². The van der Waals surface area contributed by atoms with Gasteiger partial charge in [-0.05, 0) is 55.5 Å². The van der Waals surface area contributed by atoms with E-state index in [9.17, 15) is 0 Å². The lowest BCUT2D eigenvalue weighted by molar-refractivity contribution is 0.246. The first kappa shape index (κ1) is 9.51. The van der Waals surface area contributed by atoms with Crippen LogP contribution in [0.2, 0.25) is 0 Å². The lowest BCUT2D eigenvalue weighted by atomic mass is 9.79. The van der Waals surface area contributed by atoms with E-state index >= 15 is 0 Å². The van der Waals surface area contributed by atoms with Crippen molar-refractivity contribution in [3.8, 4) is 0 Å². The summed E-state index contributed by atoms with van der Waals surface area (Å²) >= 11 is 0. The van der Waals surface area contributed by atoms with Gasteiger partial charge in [0, 0.05) is 0 Å². The molecule has 1 heterocycles. The highest BCUT2D eigenvalue weighted by Crippen LogP contribution is 2.44. The normalized spacial score (nSPS) is 39.5. The van der Waals surface area contributed by atoms with E-state index in [0.29, 0.717) is 5.41 Å². The maximum absolute atomic E-state index is 3.54. The summed E-state index contributed by atoms with van der Waals surface area (Å²) < 4.78 is 0. The molecule has 13 heavy (non-hydrogen) atoms. The average molecular weight is 181 g/mol. The van der Waals surface area contributed by atoms with Crippen molar-refractivity contribution in [2.75, 3.05) is 13.1 Å². The number of rotatable bonds is 1. The average Bonchev–Trinajstić information content (AvgIpc) is 2.50. The van der Waals surface area contributed by atoms with Crippen LogP contribution in [0.4, 0.5) is 0 Å². The van der Waals surface area contributed by atoms with E-state index in [1.54, 1.807) is 0 Å². The molecule has 0 amide bonds. The molecule has 0 radical (unpaired) electrons. The Morgan fingerprint density at radius 3 is 2.62 bits per heavy atom. The van der Waals surface area contributed by atoms with Crippen molar-refractivity contribution in [1.82, 2.24) is 5.32 Å². The SMILES string of the molecule is CC(C)(C)CC1CCC2CNCC21. The fourth-order valence-corrected chi connectivity index (χ4v) is 3.30. The van der Waals surface area contributed by atoms with Crippen molar-refractivity contribution < 1.29 is 0 Å². The highest BCUT2D eigenvalue weighted by atomic mass is 14.9. The van der Waals surface area contributed by atoms with E-state index in [2.05, 4.69) is 26.1 Å². The third-order valence-corrected chi connectivity index (χ3v) is 3.78. The molecule has 1 saturated heterocycles. The molecule has 1 aliphatic carbocycles. The Kier molecular flexibility index (Phi) is 2.39. The summed E-state index contributed by atoms with van der Waals surface area (Å²) in [7, 11) is 0. The molecule has 0 bridgehead atoms. The fraction of sp³-hybridized carbons (Fsp3) is 1.00. The molecule has 3 atom stereocenters. The molecule has 1 saturated carbocycles. The Labute approximate surface area is 82.3 Å². The van der Waals surface area contributed by atoms with Crippen molar-refractivity contribution in [1.29, 1.82) is 0 Å². The Balaban J connectivity index is 1.94. The third-order valence-electron chi connectivity index (χ3n) is 3.78. The Morgan fingerprint density at radius 1 is 1.15 bits per heavy atom. The molecule has 1 nitrogen and oxygen atoms in total. The lowest BCUT2D eigenvalue weighted by Gasteiger charge is -2.26. The van der Waals surface area contributed by atoms with Crippen molar-refractivity contribution in [3.05, 3.63) is 0 Å². The van der Waals surface area contributed by atoms with Gasteiger partial charge in [0.05, 0.1) is 0 Å². The van der Waals surface area contributed by atoms with E-state index in [-0.39, 0.29) is 0 Å². The van der Waals surface area contributed by atoms with Crippen LogP contribution in [0, 0.1) is 23.2 Å². The number of hydrogen-bond acceptors (Lipinski definition) is 1. The molecule has 3 unspecified atom stereocenters. The van der Waals surface area contributed by atoms with Crippen LogP contribution in [0.15, 0.2) is 0 Å². The van der Waals surface area contributed by atoms with Gasteiger partial charge in [-0.1, -0.05) is 20.8 Å². The number of nitrogens with one attached hydrogen (secondary N) is 1. The molecule has 2 rings (SSSR count). The van der Waals surface area contributed by atoms with Gasteiger partial charge in [-0.3, -0.25) is 0 Å². The second kappa shape index (κ2) is 3.27. The van der Waals surface area contributed by atoms with E-state index in [0.717, 1.165) is 17.8 Å². The van der Waals surface area contributed by atoms with Crippen molar-refractivity contribution in [3.63, 3.8) is 0 Å². The van der Waals surface area contributed by atoms with Gasteiger partial charge in [0.1, 0.15) is 0 Å². The highest BCUT2D eigenvalue weighted by Gasteiger charge is 2.40. The Hall–Kier alpha value is -0.0400. The zero-order chi connectivity index (χ0) is 9.47. The fourth-order valence-electron chi connectivity index (χ4n) is 3.30. The van der Waals surface area contributed by atoms with Gasteiger partial charge in [0.25, 0.3) is 0 Å². The van der Waals surface area contributed by atoms with E-state index in [4.69, 9.17) is 0 Å². The van der Waals surface area contributed by atoms with Gasteiger partial charge in [0.15, 0.2) is 0 Å². The van der Waals surface area contributed by atoms with Gasteiger partial charge >= 0.3 is 0 Å². The standard InChI is InChI=1S/C12H23N/c1-12(2,3)6-9-4-5-10-7-13-8-11(9)10/h9-11,13H,4-8H2,1-3H3. The topological polar surface area (TPSA) is 12.0 Å². The van der Waals surface area contributed by atoms with Crippen LogP contribution >= 0.6 is 0 Å². The quantitative estimate of drug-likeness (QED) is 0.656. The largest absolute Gasteiger partial charge is 0.316 e. The maximum atomic E-state index is 3.54. The number of hydrogen-bond donors (Lipinski definition) is 1. The molecule has 1 heteroatoms. The van der Waals surface area contributed by atoms with Gasteiger partial charge < -0.3 is 5.32 Å². The first-order valence-corrected chi connectivity index (χ1v) is 5.77. The predicted molar refractivity (Wildman–Crippen MR) is 56.6 cm³/mol. The molecule has 0 aromatic rings. The zero-order valence-electron chi connectivity index (χ0n) is 9.27. The summed E-state index contributed by atoms with van der Waals surface area (Å²) in [4.78, 5) is 0. The van der Waals surface area contributed by atoms with Crippen LogP contribution in [-0.4, -0.2) is 13.1 Å². The molecule has 1 N–H and O–H groups in total. The minimum Gasteiger partial charge on any atom is -0.316 e. The molecule has 2 fully saturated rings. The second-order valence-corrected chi connectivity index (χ2v) is 6.18. The first-order chi connectivity index (χ1) is 6.06. The molecule has 1 aliphatic heterocycles. The predicted octanol–water partition coefficient (Wildman–Crippen LogP) is 2.67. The van der Waals surface area contributed by atoms with E-state index < -0.39 is 0 Å². The molecule has 2 aliphatic rings. The van der Waals surface area contributed by atoms with E-state index in [1.807, 2.05) is 0 Å². The van der Waals surface area contributed by atoms with Crippen molar-refractivity contribution >= 4 is 0 Å². The molecular formula is C12H23N. The third kappa shape index (κ3) is 2.07. The van der Waals surface area contributed by atoms with Gasteiger partial charge in [-0.2, -0.15) is 0 Å². The van der Waals surface area contributed by atoms with Gasteiger partial charge in [-0.25, -0.2) is 0 Å². The molecule has 0 spiro atoms. The van der Waals surface area contributed by atoms with Crippen LogP contribution in [0.1, 0.15) is 40.0 Å². The number of fused-ring (bicyclic) bond motifs is 1. The summed E-state index contributed by atoms with van der Waals surface area (Å²) in [6.45, 7) is 9.73. The smallest absolute Gasteiger partial charge is 0.00146 e.